The minimum atomic E-state index is -0.379. The molecule has 0 aliphatic rings. The van der Waals surface area contributed by atoms with Gasteiger partial charge in [-0.1, -0.05) is 11.6 Å². The lowest BCUT2D eigenvalue weighted by atomic mass is 10.0. The maximum absolute atomic E-state index is 13.0. The molecule has 0 spiro atoms. The quantitative estimate of drug-likeness (QED) is 0.735. The molecule has 0 aliphatic heterocycles. The summed E-state index contributed by atoms with van der Waals surface area (Å²) in [5, 5.41) is 0.620. The number of aromatic nitrogens is 1. The average molecular weight is 377 g/mol. The number of benzene rings is 1. The number of carbonyl (C=O) groups excluding carboxylic acids is 2. The molecule has 0 unspecified atom stereocenters. The van der Waals surface area contributed by atoms with Gasteiger partial charge in [0.15, 0.2) is 11.6 Å². The molecule has 26 heavy (non-hydrogen) atoms. The molecule has 0 saturated carbocycles. The molecule has 140 valence electrons. The van der Waals surface area contributed by atoms with Gasteiger partial charge < -0.3 is 9.72 Å². The minimum absolute atomic E-state index is 0.0417. The van der Waals surface area contributed by atoms with Crippen molar-refractivity contribution in [3.63, 3.8) is 0 Å². The monoisotopic (exact) mass is 376 g/mol. The van der Waals surface area contributed by atoms with Crippen molar-refractivity contribution in [1.82, 2.24) is 9.88 Å². The number of methoxy groups -OCH3 is 1. The number of aromatic amines is 1. The van der Waals surface area contributed by atoms with Gasteiger partial charge >= 0.3 is 0 Å². The summed E-state index contributed by atoms with van der Waals surface area (Å²) < 4.78 is 5.38. The number of hydrogen-bond donors (Lipinski definition) is 1. The van der Waals surface area contributed by atoms with Gasteiger partial charge in [-0.3, -0.25) is 14.5 Å². The maximum Gasteiger partial charge on any atom is 0.196 e. The lowest BCUT2D eigenvalue weighted by Gasteiger charge is -2.24. The SMILES string of the molecule is COc1ccc(Cl)cc1CN(C)[C@H](C)C(=O)c1[nH]c(C)c(C(C)=O)c1C. The van der Waals surface area contributed by atoms with E-state index in [4.69, 9.17) is 16.3 Å². The van der Waals surface area contributed by atoms with Crippen LogP contribution in [0.4, 0.5) is 0 Å². The summed E-state index contributed by atoms with van der Waals surface area (Å²) in [5.74, 6) is 0.633. The largest absolute Gasteiger partial charge is 0.496 e. The molecule has 2 rings (SSSR count). The van der Waals surface area contributed by atoms with E-state index in [0.717, 1.165) is 17.0 Å². The van der Waals surface area contributed by atoms with Gasteiger partial charge in [-0.25, -0.2) is 0 Å². The molecule has 5 nitrogen and oxygen atoms in total. The van der Waals surface area contributed by atoms with Crippen molar-refractivity contribution in [2.75, 3.05) is 14.2 Å². The van der Waals surface area contributed by atoms with Gasteiger partial charge in [-0.05, 0) is 58.5 Å². The second-order valence-corrected chi connectivity index (χ2v) is 7.03. The van der Waals surface area contributed by atoms with E-state index in [1.165, 1.54) is 6.92 Å². The zero-order valence-corrected chi connectivity index (χ0v) is 16.8. The third-order valence-corrected chi connectivity index (χ3v) is 4.97. The van der Waals surface area contributed by atoms with Crippen molar-refractivity contribution in [3.8, 4) is 5.75 Å². The van der Waals surface area contributed by atoms with Gasteiger partial charge in [0.25, 0.3) is 0 Å². The number of nitrogens with zero attached hydrogens (tertiary/aromatic N) is 1. The number of rotatable bonds is 7. The Morgan fingerprint density at radius 2 is 1.96 bits per heavy atom. The van der Waals surface area contributed by atoms with E-state index >= 15 is 0 Å². The topological polar surface area (TPSA) is 62.4 Å². The predicted octanol–water partition coefficient (Wildman–Crippen LogP) is 4.20. The number of halogens is 1. The van der Waals surface area contributed by atoms with Gasteiger partial charge in [-0.2, -0.15) is 0 Å². The van der Waals surface area contributed by atoms with Crippen LogP contribution in [0.1, 0.15) is 51.5 Å². The molecule has 0 fully saturated rings. The Balaban J connectivity index is 2.25. The van der Waals surface area contributed by atoms with Crippen LogP contribution in [0.15, 0.2) is 18.2 Å². The van der Waals surface area contributed by atoms with E-state index in [9.17, 15) is 9.59 Å². The molecule has 1 atom stereocenters. The fourth-order valence-electron chi connectivity index (χ4n) is 3.21. The summed E-state index contributed by atoms with van der Waals surface area (Å²) in [5.41, 5.74) is 3.43. The normalized spacial score (nSPS) is 12.3. The molecule has 1 aromatic heterocycles. The van der Waals surface area contributed by atoms with Crippen LogP contribution in [-0.4, -0.2) is 41.6 Å². The van der Waals surface area contributed by atoms with Gasteiger partial charge in [0, 0.05) is 28.4 Å². The highest BCUT2D eigenvalue weighted by Gasteiger charge is 2.26. The molecule has 0 saturated heterocycles. The lowest BCUT2D eigenvalue weighted by molar-refractivity contribution is 0.0856. The highest BCUT2D eigenvalue weighted by molar-refractivity contribution is 6.30. The van der Waals surface area contributed by atoms with E-state index in [1.807, 2.05) is 37.9 Å². The second-order valence-electron chi connectivity index (χ2n) is 6.59. The first-order valence-corrected chi connectivity index (χ1v) is 8.82. The molecule has 1 N–H and O–H groups in total. The molecule has 0 bridgehead atoms. The number of nitrogens with one attached hydrogen (secondary N) is 1. The Morgan fingerprint density at radius 3 is 2.50 bits per heavy atom. The van der Waals surface area contributed by atoms with Gasteiger partial charge in [0.2, 0.25) is 0 Å². The van der Waals surface area contributed by atoms with Crippen molar-refractivity contribution >= 4 is 23.2 Å². The molecule has 1 heterocycles. The standard InChI is InChI=1S/C20H25ClN2O3/c1-11-18(14(4)24)12(2)22-19(11)20(25)13(3)23(5)10-15-9-16(21)7-8-17(15)26-6/h7-9,13,22H,10H2,1-6H3/t13-/m1/s1. The number of aryl methyl sites for hydroxylation is 1. The van der Waals surface area contributed by atoms with Crippen LogP contribution in [0.2, 0.25) is 5.02 Å². The molecular weight excluding hydrogens is 352 g/mol. The van der Waals surface area contributed by atoms with Crippen LogP contribution in [0.3, 0.4) is 0 Å². The van der Waals surface area contributed by atoms with Crippen LogP contribution in [0.25, 0.3) is 0 Å². The van der Waals surface area contributed by atoms with Crippen molar-refractivity contribution in [2.45, 2.75) is 40.3 Å². The molecular formula is C20H25ClN2O3. The Kier molecular flexibility index (Phi) is 6.26. The summed E-state index contributed by atoms with van der Waals surface area (Å²) in [6.45, 7) is 7.49. The molecule has 0 aliphatic carbocycles. The van der Waals surface area contributed by atoms with Crippen molar-refractivity contribution in [1.29, 1.82) is 0 Å². The minimum Gasteiger partial charge on any atom is -0.496 e. The first kappa shape index (κ1) is 20.2. The van der Waals surface area contributed by atoms with Crippen LogP contribution < -0.4 is 4.74 Å². The first-order valence-electron chi connectivity index (χ1n) is 8.44. The van der Waals surface area contributed by atoms with Crippen LogP contribution >= 0.6 is 11.6 Å². The van der Waals surface area contributed by atoms with Gasteiger partial charge in [-0.15, -0.1) is 0 Å². The van der Waals surface area contributed by atoms with Crippen LogP contribution in [0, 0.1) is 13.8 Å². The Morgan fingerprint density at radius 1 is 1.31 bits per heavy atom. The number of ether oxygens (including phenoxy) is 1. The first-order chi connectivity index (χ1) is 12.2. The molecule has 1 aromatic carbocycles. The zero-order valence-electron chi connectivity index (χ0n) is 16.1. The number of likely N-dealkylation sites (N-methyl/N-ethyl adjacent to an activating group) is 1. The highest BCUT2D eigenvalue weighted by atomic mass is 35.5. The molecule has 0 amide bonds. The summed E-state index contributed by atoms with van der Waals surface area (Å²) in [6.07, 6.45) is 0. The highest BCUT2D eigenvalue weighted by Crippen LogP contribution is 2.25. The van der Waals surface area contributed by atoms with E-state index in [0.29, 0.717) is 28.4 Å². The third kappa shape index (κ3) is 4.00. The van der Waals surface area contributed by atoms with Crippen LogP contribution in [0.5, 0.6) is 5.75 Å². The van der Waals surface area contributed by atoms with Crippen molar-refractivity contribution in [3.05, 3.63) is 51.3 Å². The fourth-order valence-corrected chi connectivity index (χ4v) is 3.40. The van der Waals surface area contributed by atoms with Gasteiger partial charge in [0.1, 0.15) is 5.75 Å². The summed E-state index contributed by atoms with van der Waals surface area (Å²) >= 11 is 6.09. The Labute approximate surface area is 159 Å². The second kappa shape index (κ2) is 8.06. The number of ketones is 2. The average Bonchev–Trinajstić information content (AvgIpc) is 2.88. The third-order valence-electron chi connectivity index (χ3n) is 4.74. The van der Waals surface area contributed by atoms with E-state index in [2.05, 4.69) is 4.98 Å². The van der Waals surface area contributed by atoms with E-state index in [-0.39, 0.29) is 17.6 Å². The fraction of sp³-hybridized carbons (Fsp3) is 0.400. The van der Waals surface area contributed by atoms with E-state index in [1.54, 1.807) is 20.1 Å². The van der Waals surface area contributed by atoms with Gasteiger partial charge in [0.05, 0.1) is 18.8 Å². The Hall–Kier alpha value is -2.11. The predicted molar refractivity (Wildman–Crippen MR) is 104 cm³/mol. The van der Waals surface area contributed by atoms with Crippen LogP contribution in [-0.2, 0) is 6.54 Å². The van der Waals surface area contributed by atoms with E-state index < -0.39 is 0 Å². The number of H-pyrrole nitrogens is 1. The zero-order chi connectivity index (χ0) is 19.6. The maximum atomic E-state index is 13.0. The molecule has 6 heteroatoms. The summed E-state index contributed by atoms with van der Waals surface area (Å²) in [4.78, 5) is 29.8. The van der Waals surface area contributed by atoms with Crippen molar-refractivity contribution in [2.24, 2.45) is 0 Å². The Bertz CT molecular complexity index is 842. The smallest absolute Gasteiger partial charge is 0.196 e. The summed E-state index contributed by atoms with van der Waals surface area (Å²) in [6, 6.07) is 5.05. The molecule has 2 aromatic rings. The lowest BCUT2D eigenvalue weighted by Crippen LogP contribution is -2.36. The molecule has 0 radical (unpaired) electrons. The number of carbonyl (C=O) groups is 2. The van der Waals surface area contributed by atoms with Crippen molar-refractivity contribution < 1.29 is 14.3 Å². The summed E-state index contributed by atoms with van der Waals surface area (Å²) in [7, 11) is 3.48. The number of Topliss-reactive ketones (excluding diaryl/α,β-unsaturated/α-hetero) is 2. The number of hydrogen-bond acceptors (Lipinski definition) is 4.